The summed E-state index contributed by atoms with van der Waals surface area (Å²) in [4.78, 5) is 13.7. The SMILES string of the molecule is O=[N+]([O-])c1ccc([O-])c(C=Nc2ccc(F)c(F)c2)c1. The van der Waals surface area contributed by atoms with Gasteiger partial charge in [-0.2, -0.15) is 0 Å². The van der Waals surface area contributed by atoms with Crippen molar-refractivity contribution < 1.29 is 18.8 Å². The Labute approximate surface area is 112 Å². The van der Waals surface area contributed by atoms with Crippen LogP contribution < -0.4 is 5.11 Å². The van der Waals surface area contributed by atoms with E-state index in [2.05, 4.69) is 4.99 Å². The topological polar surface area (TPSA) is 78.6 Å². The number of hydrogen-bond acceptors (Lipinski definition) is 4. The summed E-state index contributed by atoms with van der Waals surface area (Å²) in [6, 6.07) is 6.16. The largest absolute Gasteiger partial charge is 0.872 e. The fourth-order valence-electron chi connectivity index (χ4n) is 1.46. The lowest BCUT2D eigenvalue weighted by molar-refractivity contribution is -0.385. The van der Waals surface area contributed by atoms with Crippen LogP contribution in [0.5, 0.6) is 5.75 Å². The van der Waals surface area contributed by atoms with Crippen LogP contribution in [0.25, 0.3) is 0 Å². The highest BCUT2D eigenvalue weighted by molar-refractivity contribution is 5.86. The average Bonchev–Trinajstić information content (AvgIpc) is 2.41. The number of hydrogen-bond donors (Lipinski definition) is 0. The number of nitrogens with zero attached hydrogens (tertiary/aromatic N) is 2. The molecule has 0 aliphatic rings. The number of rotatable bonds is 3. The van der Waals surface area contributed by atoms with Gasteiger partial charge in [0.1, 0.15) is 0 Å². The van der Waals surface area contributed by atoms with Crippen molar-refractivity contribution in [2.24, 2.45) is 4.99 Å². The van der Waals surface area contributed by atoms with Crippen LogP contribution >= 0.6 is 0 Å². The van der Waals surface area contributed by atoms with Gasteiger partial charge in [-0.1, -0.05) is 11.8 Å². The summed E-state index contributed by atoms with van der Waals surface area (Å²) in [7, 11) is 0. The van der Waals surface area contributed by atoms with E-state index >= 15 is 0 Å². The van der Waals surface area contributed by atoms with Gasteiger partial charge in [-0.05, 0) is 17.7 Å². The molecule has 7 heteroatoms. The van der Waals surface area contributed by atoms with Crippen molar-refractivity contribution in [2.75, 3.05) is 0 Å². The van der Waals surface area contributed by atoms with Gasteiger partial charge in [0.15, 0.2) is 11.6 Å². The summed E-state index contributed by atoms with van der Waals surface area (Å²) < 4.78 is 25.7. The Balaban J connectivity index is 2.33. The Morgan fingerprint density at radius 2 is 1.85 bits per heavy atom. The number of halogens is 2. The molecule has 0 aliphatic carbocycles. The standard InChI is InChI=1S/C13H8F2N2O3/c14-11-3-1-9(6-12(11)15)16-7-8-5-10(17(19)20)2-4-13(8)18/h1-7,18H/p-1. The molecule has 0 fully saturated rings. The molecule has 0 atom stereocenters. The molecule has 0 aliphatic heterocycles. The summed E-state index contributed by atoms with van der Waals surface area (Å²) in [6.07, 6.45) is 1.07. The molecular formula is C13H7F2N2O3-. The maximum absolute atomic E-state index is 13.0. The second-order valence-corrected chi connectivity index (χ2v) is 3.84. The summed E-state index contributed by atoms with van der Waals surface area (Å²) in [5.41, 5.74) is -0.171. The minimum Gasteiger partial charge on any atom is -0.872 e. The number of benzene rings is 2. The molecule has 2 rings (SSSR count). The van der Waals surface area contributed by atoms with E-state index in [4.69, 9.17) is 0 Å². The van der Waals surface area contributed by atoms with Gasteiger partial charge in [0.2, 0.25) is 0 Å². The molecule has 0 unspecified atom stereocenters. The zero-order chi connectivity index (χ0) is 14.7. The predicted octanol–water partition coefficient (Wildman–Crippen LogP) is 2.70. The summed E-state index contributed by atoms with van der Waals surface area (Å²) in [5, 5.41) is 22.1. The van der Waals surface area contributed by atoms with E-state index < -0.39 is 22.3 Å². The summed E-state index contributed by atoms with van der Waals surface area (Å²) in [6.45, 7) is 0. The van der Waals surface area contributed by atoms with Crippen molar-refractivity contribution in [3.8, 4) is 5.75 Å². The normalized spacial score (nSPS) is 10.9. The van der Waals surface area contributed by atoms with Crippen LogP contribution in [0.15, 0.2) is 41.4 Å². The molecule has 0 aromatic heterocycles. The van der Waals surface area contributed by atoms with Gasteiger partial charge in [0, 0.05) is 24.4 Å². The van der Waals surface area contributed by atoms with Crippen LogP contribution in [0.3, 0.4) is 0 Å². The molecule has 2 aromatic rings. The van der Waals surface area contributed by atoms with E-state index in [1.165, 1.54) is 6.07 Å². The molecule has 0 bridgehead atoms. The van der Waals surface area contributed by atoms with Crippen molar-refractivity contribution >= 4 is 17.6 Å². The molecule has 0 saturated carbocycles. The van der Waals surface area contributed by atoms with E-state index in [1.54, 1.807) is 0 Å². The maximum atomic E-state index is 13.0. The van der Waals surface area contributed by atoms with Gasteiger partial charge >= 0.3 is 0 Å². The summed E-state index contributed by atoms with van der Waals surface area (Å²) in [5.74, 6) is -2.54. The third-order valence-corrected chi connectivity index (χ3v) is 2.46. The predicted molar refractivity (Wildman–Crippen MR) is 66.2 cm³/mol. The fraction of sp³-hybridized carbons (Fsp3) is 0. The van der Waals surface area contributed by atoms with E-state index in [0.29, 0.717) is 0 Å². The van der Waals surface area contributed by atoms with Crippen LogP contribution in [0.4, 0.5) is 20.2 Å². The van der Waals surface area contributed by atoms with Crippen molar-refractivity contribution in [1.82, 2.24) is 0 Å². The number of nitro groups is 1. The third kappa shape index (κ3) is 2.94. The lowest BCUT2D eigenvalue weighted by atomic mass is 10.2. The molecule has 2 aromatic carbocycles. The highest BCUT2D eigenvalue weighted by Gasteiger charge is 2.05. The van der Waals surface area contributed by atoms with Crippen LogP contribution in [-0.2, 0) is 0 Å². The molecule has 0 amide bonds. The monoisotopic (exact) mass is 277 g/mol. The van der Waals surface area contributed by atoms with E-state index in [-0.39, 0.29) is 16.9 Å². The first-order valence-electron chi connectivity index (χ1n) is 5.42. The second kappa shape index (κ2) is 5.43. The van der Waals surface area contributed by atoms with Crippen molar-refractivity contribution in [1.29, 1.82) is 0 Å². The fourth-order valence-corrected chi connectivity index (χ4v) is 1.46. The smallest absolute Gasteiger partial charge is 0.270 e. The number of non-ortho nitro benzene ring substituents is 1. The molecule has 0 N–H and O–H groups in total. The average molecular weight is 277 g/mol. The van der Waals surface area contributed by atoms with Gasteiger partial charge in [-0.3, -0.25) is 15.1 Å². The minimum atomic E-state index is -1.07. The zero-order valence-electron chi connectivity index (χ0n) is 9.92. The van der Waals surface area contributed by atoms with Gasteiger partial charge in [0.05, 0.1) is 10.6 Å². The first-order valence-corrected chi connectivity index (χ1v) is 5.42. The van der Waals surface area contributed by atoms with E-state index in [9.17, 15) is 24.0 Å². The molecule has 5 nitrogen and oxygen atoms in total. The first-order chi connectivity index (χ1) is 9.47. The molecule has 0 saturated heterocycles. The van der Waals surface area contributed by atoms with E-state index in [0.717, 1.165) is 36.5 Å². The van der Waals surface area contributed by atoms with Crippen LogP contribution in [0, 0.1) is 21.7 Å². The lowest BCUT2D eigenvalue weighted by Crippen LogP contribution is -1.98. The van der Waals surface area contributed by atoms with Gasteiger partial charge < -0.3 is 5.11 Å². The highest BCUT2D eigenvalue weighted by Crippen LogP contribution is 2.21. The highest BCUT2D eigenvalue weighted by atomic mass is 19.2. The first kappa shape index (κ1) is 13.6. The number of aliphatic imine (C=N–C) groups is 1. The molecular weight excluding hydrogens is 270 g/mol. The van der Waals surface area contributed by atoms with Crippen molar-refractivity contribution in [2.45, 2.75) is 0 Å². The minimum absolute atomic E-state index is 0.0102. The molecule has 102 valence electrons. The molecule has 0 radical (unpaired) electrons. The molecule has 0 heterocycles. The lowest BCUT2D eigenvalue weighted by Gasteiger charge is -2.08. The Kier molecular flexibility index (Phi) is 3.69. The Morgan fingerprint density at radius 3 is 2.50 bits per heavy atom. The maximum Gasteiger partial charge on any atom is 0.270 e. The van der Waals surface area contributed by atoms with Gasteiger partial charge in [-0.25, -0.2) is 8.78 Å². The Hall–Kier alpha value is -2.83. The van der Waals surface area contributed by atoms with E-state index in [1.807, 2.05) is 0 Å². The van der Waals surface area contributed by atoms with Crippen LogP contribution in [0.2, 0.25) is 0 Å². The molecule has 20 heavy (non-hydrogen) atoms. The quantitative estimate of drug-likeness (QED) is 0.491. The van der Waals surface area contributed by atoms with Crippen molar-refractivity contribution in [3.63, 3.8) is 0 Å². The van der Waals surface area contributed by atoms with Crippen LogP contribution in [0.1, 0.15) is 5.56 Å². The van der Waals surface area contributed by atoms with Crippen LogP contribution in [-0.4, -0.2) is 11.1 Å². The van der Waals surface area contributed by atoms with Crippen molar-refractivity contribution in [3.05, 3.63) is 63.7 Å². The third-order valence-electron chi connectivity index (χ3n) is 2.46. The second-order valence-electron chi connectivity index (χ2n) is 3.84. The number of nitro benzene ring substituents is 1. The Bertz CT molecular complexity index is 702. The summed E-state index contributed by atoms with van der Waals surface area (Å²) >= 11 is 0. The zero-order valence-corrected chi connectivity index (χ0v) is 9.92. The Morgan fingerprint density at radius 1 is 1.10 bits per heavy atom. The molecule has 0 spiro atoms. The van der Waals surface area contributed by atoms with Gasteiger partial charge in [-0.15, -0.1) is 0 Å². The van der Waals surface area contributed by atoms with Gasteiger partial charge in [0.25, 0.3) is 5.69 Å².